The molecule has 0 bridgehead atoms. The van der Waals surface area contributed by atoms with Crippen LogP contribution in [0.2, 0.25) is 0 Å². The monoisotopic (exact) mass is 504 g/mol. The van der Waals surface area contributed by atoms with Crippen molar-refractivity contribution in [2.45, 2.75) is 42.4 Å². The second-order valence-electron chi connectivity index (χ2n) is 8.42. The lowest BCUT2D eigenvalue weighted by molar-refractivity contribution is 0.306. The first-order chi connectivity index (χ1) is 16.1. The molecule has 0 aliphatic heterocycles. The van der Waals surface area contributed by atoms with Gasteiger partial charge in [0.25, 0.3) is 10.1 Å². The summed E-state index contributed by atoms with van der Waals surface area (Å²) >= 11 is 0. The van der Waals surface area contributed by atoms with Gasteiger partial charge in [0.1, 0.15) is 0 Å². The van der Waals surface area contributed by atoms with Crippen LogP contribution in [0.3, 0.4) is 0 Å². The number of anilines is 1. The summed E-state index contributed by atoms with van der Waals surface area (Å²) in [4.78, 5) is 2.38. The highest BCUT2D eigenvalue weighted by Crippen LogP contribution is 2.30. The van der Waals surface area contributed by atoms with E-state index in [1.165, 1.54) is 12.1 Å². The summed E-state index contributed by atoms with van der Waals surface area (Å²) in [5, 5.41) is 1.57. The van der Waals surface area contributed by atoms with Crippen LogP contribution >= 0.6 is 0 Å². The molecule has 3 aromatic rings. The van der Waals surface area contributed by atoms with E-state index in [1.54, 1.807) is 24.3 Å². The van der Waals surface area contributed by atoms with Crippen molar-refractivity contribution >= 4 is 36.6 Å². The molecule has 9 heteroatoms. The fourth-order valence-electron chi connectivity index (χ4n) is 3.70. The van der Waals surface area contributed by atoms with Crippen molar-refractivity contribution in [2.24, 2.45) is 0 Å². The van der Waals surface area contributed by atoms with Gasteiger partial charge in [0, 0.05) is 37.1 Å². The predicted octanol–water partition coefficient (Wildman–Crippen LogP) is 4.46. The number of benzene rings is 3. The van der Waals surface area contributed by atoms with E-state index < -0.39 is 20.1 Å². The first kappa shape index (κ1) is 26.2. The third kappa shape index (κ3) is 6.56. The number of fused-ring (bicyclic) bond motifs is 1. The third-order valence-corrected chi connectivity index (χ3v) is 8.39. The molecule has 184 valence electrons. The molecule has 0 spiro atoms. The Morgan fingerprint density at radius 3 is 2.15 bits per heavy atom. The molecule has 0 radical (unpaired) electrons. The SMILES string of the molecule is Cc1ccc(S(=O)(=O)OCCCCCCNS(=O)(=O)c2cccc3c(N(C)C)cccc23)cc1. The van der Waals surface area contributed by atoms with Crippen LogP contribution in [-0.2, 0) is 24.3 Å². The van der Waals surface area contributed by atoms with Crippen molar-refractivity contribution in [3.05, 3.63) is 66.2 Å². The summed E-state index contributed by atoms with van der Waals surface area (Å²) < 4.78 is 58.0. The summed E-state index contributed by atoms with van der Waals surface area (Å²) in [6.45, 7) is 2.31. The molecule has 0 aromatic heterocycles. The van der Waals surface area contributed by atoms with Crippen molar-refractivity contribution in [1.29, 1.82) is 0 Å². The van der Waals surface area contributed by atoms with E-state index in [4.69, 9.17) is 4.18 Å². The first-order valence-corrected chi connectivity index (χ1v) is 14.2. The van der Waals surface area contributed by atoms with Crippen molar-refractivity contribution in [1.82, 2.24) is 4.72 Å². The lowest BCUT2D eigenvalue weighted by Crippen LogP contribution is -2.25. The first-order valence-electron chi connectivity index (χ1n) is 11.3. The number of nitrogens with zero attached hydrogens (tertiary/aromatic N) is 1. The zero-order valence-corrected chi connectivity index (χ0v) is 21.5. The number of rotatable bonds is 12. The Labute approximate surface area is 202 Å². The zero-order chi connectivity index (χ0) is 24.8. The van der Waals surface area contributed by atoms with Crippen LogP contribution in [-0.4, -0.2) is 44.1 Å². The van der Waals surface area contributed by atoms with Crippen LogP contribution in [0, 0.1) is 6.92 Å². The summed E-state index contributed by atoms with van der Waals surface area (Å²) in [6, 6.07) is 17.5. The molecule has 0 aliphatic rings. The number of nitrogens with one attached hydrogen (secondary N) is 1. The van der Waals surface area contributed by atoms with Gasteiger partial charge in [-0.25, -0.2) is 13.1 Å². The molecule has 7 nitrogen and oxygen atoms in total. The quantitative estimate of drug-likeness (QED) is 0.289. The molecule has 0 saturated heterocycles. The molecule has 0 aliphatic carbocycles. The van der Waals surface area contributed by atoms with Gasteiger partial charge in [0.2, 0.25) is 10.0 Å². The maximum atomic E-state index is 12.9. The van der Waals surface area contributed by atoms with Crippen molar-refractivity contribution < 1.29 is 21.0 Å². The maximum Gasteiger partial charge on any atom is 0.296 e. The predicted molar refractivity (Wildman–Crippen MR) is 136 cm³/mol. The van der Waals surface area contributed by atoms with Gasteiger partial charge in [-0.2, -0.15) is 8.42 Å². The van der Waals surface area contributed by atoms with Gasteiger partial charge in [0.05, 0.1) is 16.4 Å². The number of hydrogen-bond acceptors (Lipinski definition) is 6. The smallest absolute Gasteiger partial charge is 0.296 e. The molecule has 0 heterocycles. The van der Waals surface area contributed by atoms with E-state index in [9.17, 15) is 16.8 Å². The Morgan fingerprint density at radius 1 is 0.794 bits per heavy atom. The largest absolute Gasteiger partial charge is 0.377 e. The van der Waals surface area contributed by atoms with E-state index in [0.717, 1.165) is 29.5 Å². The van der Waals surface area contributed by atoms with Gasteiger partial charge in [-0.1, -0.05) is 54.8 Å². The van der Waals surface area contributed by atoms with Crippen molar-refractivity contribution in [3.8, 4) is 0 Å². The van der Waals surface area contributed by atoms with Crippen molar-refractivity contribution in [2.75, 3.05) is 32.1 Å². The van der Waals surface area contributed by atoms with Gasteiger partial charge in [-0.05, 0) is 44.0 Å². The highest BCUT2D eigenvalue weighted by atomic mass is 32.2. The number of hydrogen-bond donors (Lipinski definition) is 1. The summed E-state index contributed by atoms with van der Waals surface area (Å²) in [5.74, 6) is 0. The molecule has 0 unspecified atom stereocenters. The van der Waals surface area contributed by atoms with E-state index in [0.29, 0.717) is 24.8 Å². The fourth-order valence-corrected chi connectivity index (χ4v) is 5.93. The molecule has 34 heavy (non-hydrogen) atoms. The average molecular weight is 505 g/mol. The van der Waals surface area contributed by atoms with E-state index in [1.807, 2.05) is 50.2 Å². The summed E-state index contributed by atoms with van der Waals surface area (Å²) in [7, 11) is -3.54. The topological polar surface area (TPSA) is 92.8 Å². The molecule has 0 fully saturated rings. The average Bonchev–Trinajstić information content (AvgIpc) is 2.80. The Morgan fingerprint density at radius 2 is 1.44 bits per heavy atom. The minimum absolute atomic E-state index is 0.103. The summed E-state index contributed by atoms with van der Waals surface area (Å²) in [5.41, 5.74) is 1.94. The molecule has 3 aromatic carbocycles. The molecule has 0 saturated carbocycles. The van der Waals surface area contributed by atoms with Gasteiger partial charge in [-0.3, -0.25) is 4.18 Å². The third-order valence-electron chi connectivity index (χ3n) is 5.54. The Bertz CT molecular complexity index is 1320. The molecular formula is C25H32N2O5S2. The van der Waals surface area contributed by atoms with Crippen molar-refractivity contribution in [3.63, 3.8) is 0 Å². The lowest BCUT2D eigenvalue weighted by Gasteiger charge is -2.17. The highest BCUT2D eigenvalue weighted by molar-refractivity contribution is 7.89. The van der Waals surface area contributed by atoms with E-state index >= 15 is 0 Å². The Kier molecular flexibility index (Phi) is 8.70. The standard InChI is InChI=1S/C25H32N2O5S2/c1-20-14-16-21(17-15-20)34(30,31)32-19-7-5-4-6-18-26-33(28,29)25-13-9-10-22-23(25)11-8-12-24(22)27(2)3/h8-17,26H,4-7,18-19H2,1-3H3. The molecule has 0 amide bonds. The van der Waals surface area contributed by atoms with Gasteiger partial charge in [0.15, 0.2) is 0 Å². The molecule has 0 atom stereocenters. The van der Waals surface area contributed by atoms with E-state index in [2.05, 4.69) is 4.72 Å². The maximum absolute atomic E-state index is 12.9. The van der Waals surface area contributed by atoms with Crippen LogP contribution in [0.15, 0.2) is 70.5 Å². The van der Waals surface area contributed by atoms with E-state index in [-0.39, 0.29) is 16.4 Å². The fraction of sp³-hybridized carbons (Fsp3) is 0.360. The van der Waals surface area contributed by atoms with Gasteiger partial charge in [-0.15, -0.1) is 0 Å². The van der Waals surface area contributed by atoms with Crippen LogP contribution in [0.25, 0.3) is 10.8 Å². The lowest BCUT2D eigenvalue weighted by atomic mass is 10.1. The minimum atomic E-state index is -3.75. The number of sulfonamides is 1. The zero-order valence-electron chi connectivity index (χ0n) is 19.8. The normalized spacial score (nSPS) is 12.2. The Balaban J connectivity index is 1.45. The van der Waals surface area contributed by atoms with Gasteiger partial charge < -0.3 is 4.90 Å². The van der Waals surface area contributed by atoms with Crippen LogP contribution in [0.1, 0.15) is 31.2 Å². The molecule has 3 rings (SSSR count). The number of unbranched alkanes of at least 4 members (excludes halogenated alkanes) is 3. The number of aryl methyl sites for hydroxylation is 1. The minimum Gasteiger partial charge on any atom is -0.377 e. The van der Waals surface area contributed by atoms with Gasteiger partial charge >= 0.3 is 0 Å². The second-order valence-corrected chi connectivity index (χ2v) is 11.8. The summed E-state index contributed by atoms with van der Waals surface area (Å²) in [6.07, 6.45) is 2.73. The Hall–Kier alpha value is -2.46. The molecular weight excluding hydrogens is 472 g/mol. The second kappa shape index (κ2) is 11.3. The van der Waals surface area contributed by atoms with Crippen LogP contribution < -0.4 is 9.62 Å². The molecule has 1 N–H and O–H groups in total. The van der Waals surface area contributed by atoms with Crippen LogP contribution in [0.4, 0.5) is 5.69 Å². The highest BCUT2D eigenvalue weighted by Gasteiger charge is 2.18. The van der Waals surface area contributed by atoms with Crippen LogP contribution in [0.5, 0.6) is 0 Å².